The summed E-state index contributed by atoms with van der Waals surface area (Å²) < 4.78 is 15.6. The average molecular weight is 316 g/mol. The minimum Gasteiger partial charge on any atom is -0.497 e. The Morgan fingerprint density at radius 2 is 2.00 bits per heavy atom. The molecule has 6 heteroatoms. The van der Waals surface area contributed by atoms with Gasteiger partial charge in [0, 0.05) is 31.2 Å². The fourth-order valence-electron chi connectivity index (χ4n) is 2.94. The van der Waals surface area contributed by atoms with Crippen LogP contribution in [0.1, 0.15) is 29.0 Å². The Morgan fingerprint density at radius 1 is 1.26 bits per heavy atom. The van der Waals surface area contributed by atoms with Crippen molar-refractivity contribution in [3.8, 4) is 5.75 Å². The Bertz CT molecular complexity index is 631. The van der Waals surface area contributed by atoms with E-state index in [1.54, 1.807) is 13.2 Å². The first kappa shape index (κ1) is 15.6. The number of hydrogen-bond acceptors (Lipinski definition) is 5. The van der Waals surface area contributed by atoms with E-state index in [9.17, 15) is 4.79 Å². The van der Waals surface area contributed by atoms with Crippen molar-refractivity contribution < 1.29 is 18.8 Å². The number of benzene rings is 1. The van der Waals surface area contributed by atoms with Crippen LogP contribution >= 0.6 is 0 Å². The van der Waals surface area contributed by atoms with Crippen LogP contribution in [0.15, 0.2) is 41.1 Å². The summed E-state index contributed by atoms with van der Waals surface area (Å²) >= 11 is 0. The molecule has 1 aromatic heterocycles. The number of nitrogens with one attached hydrogen (secondary N) is 1. The Kier molecular flexibility index (Phi) is 4.62. The lowest BCUT2D eigenvalue weighted by molar-refractivity contribution is 0.0483. The molecule has 6 nitrogen and oxygen atoms in total. The molecule has 0 atom stereocenters. The van der Waals surface area contributed by atoms with Crippen LogP contribution in [0.5, 0.6) is 5.75 Å². The van der Waals surface area contributed by atoms with E-state index in [1.165, 1.54) is 11.8 Å². The van der Waals surface area contributed by atoms with Crippen LogP contribution in [0.3, 0.4) is 0 Å². The van der Waals surface area contributed by atoms with Crippen molar-refractivity contribution >= 4 is 5.91 Å². The second-order valence-electron chi connectivity index (χ2n) is 5.68. The lowest BCUT2D eigenvalue weighted by Crippen LogP contribution is -2.44. The predicted octanol–water partition coefficient (Wildman–Crippen LogP) is 2.16. The first-order valence-electron chi connectivity index (χ1n) is 7.65. The number of nitrogens with zero attached hydrogens (tertiary/aromatic N) is 1. The second kappa shape index (κ2) is 6.83. The molecule has 1 saturated heterocycles. The van der Waals surface area contributed by atoms with Gasteiger partial charge < -0.3 is 19.3 Å². The summed E-state index contributed by atoms with van der Waals surface area (Å²) in [4.78, 5) is 12.1. The molecule has 1 aliphatic heterocycles. The molecule has 1 aromatic carbocycles. The molecule has 2 heterocycles. The maximum atomic E-state index is 12.1. The van der Waals surface area contributed by atoms with E-state index in [2.05, 4.69) is 22.6 Å². The minimum absolute atomic E-state index is 0.139. The summed E-state index contributed by atoms with van der Waals surface area (Å²) in [5, 5.41) is 6.53. The lowest BCUT2D eigenvalue weighted by atomic mass is 9.74. The van der Waals surface area contributed by atoms with Gasteiger partial charge in [0.2, 0.25) is 5.76 Å². The van der Waals surface area contributed by atoms with Gasteiger partial charge in [-0.15, -0.1) is 0 Å². The van der Waals surface area contributed by atoms with Crippen molar-refractivity contribution in [3.63, 3.8) is 0 Å². The quantitative estimate of drug-likeness (QED) is 0.915. The van der Waals surface area contributed by atoms with Crippen LogP contribution in [0.2, 0.25) is 0 Å². The molecular weight excluding hydrogens is 296 g/mol. The molecular formula is C17H20N2O4. The Morgan fingerprint density at radius 3 is 2.61 bits per heavy atom. The molecule has 0 spiro atoms. The molecule has 1 aliphatic rings. The number of methoxy groups -OCH3 is 1. The zero-order valence-electron chi connectivity index (χ0n) is 13.1. The smallest absolute Gasteiger partial charge is 0.289 e. The van der Waals surface area contributed by atoms with Crippen LogP contribution in [0.4, 0.5) is 0 Å². The Labute approximate surface area is 134 Å². The zero-order valence-corrected chi connectivity index (χ0v) is 13.1. The summed E-state index contributed by atoms with van der Waals surface area (Å²) in [5.41, 5.74) is 1.04. The number of hydrogen-bond donors (Lipinski definition) is 1. The molecule has 0 bridgehead atoms. The third-order valence-electron chi connectivity index (χ3n) is 4.40. The SMILES string of the molecule is COc1ccc(C2(CNC(=O)c3ccno3)CCOCC2)cc1. The fraction of sp³-hybridized carbons (Fsp3) is 0.412. The van der Waals surface area contributed by atoms with Gasteiger partial charge >= 0.3 is 0 Å². The van der Waals surface area contributed by atoms with E-state index in [-0.39, 0.29) is 17.1 Å². The topological polar surface area (TPSA) is 73.6 Å². The summed E-state index contributed by atoms with van der Waals surface area (Å²) in [5.74, 6) is 0.797. The molecule has 1 amide bonds. The first-order chi connectivity index (χ1) is 11.2. The van der Waals surface area contributed by atoms with E-state index >= 15 is 0 Å². The fourth-order valence-corrected chi connectivity index (χ4v) is 2.94. The van der Waals surface area contributed by atoms with Crippen LogP contribution < -0.4 is 10.1 Å². The van der Waals surface area contributed by atoms with Crippen molar-refractivity contribution in [2.75, 3.05) is 26.9 Å². The van der Waals surface area contributed by atoms with Crippen molar-refractivity contribution in [2.24, 2.45) is 0 Å². The highest BCUT2D eigenvalue weighted by molar-refractivity contribution is 5.91. The van der Waals surface area contributed by atoms with Crippen molar-refractivity contribution in [1.82, 2.24) is 10.5 Å². The summed E-state index contributed by atoms with van der Waals surface area (Å²) in [6.45, 7) is 1.90. The van der Waals surface area contributed by atoms with Crippen LogP contribution in [0.25, 0.3) is 0 Å². The van der Waals surface area contributed by atoms with E-state index in [0.717, 1.165) is 18.6 Å². The van der Waals surface area contributed by atoms with E-state index < -0.39 is 0 Å². The number of amides is 1. The van der Waals surface area contributed by atoms with Crippen LogP contribution in [-0.2, 0) is 10.2 Å². The number of carbonyl (C=O) groups excluding carboxylic acids is 1. The molecule has 0 unspecified atom stereocenters. The maximum absolute atomic E-state index is 12.1. The molecule has 1 fully saturated rings. The highest BCUT2D eigenvalue weighted by atomic mass is 16.5. The third-order valence-corrected chi connectivity index (χ3v) is 4.40. The molecule has 2 aromatic rings. The average Bonchev–Trinajstić information content (AvgIpc) is 3.15. The third kappa shape index (κ3) is 3.37. The monoisotopic (exact) mass is 316 g/mol. The normalized spacial score (nSPS) is 16.7. The highest BCUT2D eigenvalue weighted by Gasteiger charge is 2.35. The van der Waals surface area contributed by atoms with Gasteiger partial charge in [-0.05, 0) is 30.5 Å². The largest absolute Gasteiger partial charge is 0.497 e. The number of ether oxygens (including phenoxy) is 2. The predicted molar refractivity (Wildman–Crippen MR) is 83.6 cm³/mol. The first-order valence-corrected chi connectivity index (χ1v) is 7.65. The van der Waals surface area contributed by atoms with Crippen molar-refractivity contribution in [2.45, 2.75) is 18.3 Å². The molecule has 1 N–H and O–H groups in total. The Balaban J connectivity index is 1.77. The molecule has 0 radical (unpaired) electrons. The minimum atomic E-state index is -0.248. The standard InChI is InChI=1S/C17H20N2O4/c1-21-14-4-2-13(3-5-14)17(7-10-22-11-8-17)12-18-16(20)15-6-9-19-23-15/h2-6,9H,7-8,10-12H2,1H3,(H,18,20). The van der Waals surface area contributed by atoms with Gasteiger partial charge in [-0.1, -0.05) is 17.3 Å². The van der Waals surface area contributed by atoms with Crippen molar-refractivity contribution in [1.29, 1.82) is 0 Å². The molecule has 0 aliphatic carbocycles. The number of carbonyl (C=O) groups is 1. The van der Waals surface area contributed by atoms with Gasteiger partial charge in [-0.2, -0.15) is 0 Å². The van der Waals surface area contributed by atoms with Crippen LogP contribution in [0, 0.1) is 0 Å². The summed E-state index contributed by atoms with van der Waals surface area (Å²) in [7, 11) is 1.65. The van der Waals surface area contributed by atoms with Gasteiger partial charge in [0.05, 0.1) is 13.3 Å². The molecule has 23 heavy (non-hydrogen) atoms. The van der Waals surface area contributed by atoms with Crippen molar-refractivity contribution in [3.05, 3.63) is 47.9 Å². The van der Waals surface area contributed by atoms with Gasteiger partial charge in [-0.25, -0.2) is 0 Å². The van der Waals surface area contributed by atoms with Gasteiger partial charge in [0.1, 0.15) is 5.75 Å². The maximum Gasteiger partial charge on any atom is 0.289 e. The summed E-state index contributed by atoms with van der Waals surface area (Å²) in [6, 6.07) is 9.57. The van der Waals surface area contributed by atoms with Gasteiger partial charge in [0.15, 0.2) is 0 Å². The van der Waals surface area contributed by atoms with E-state index in [4.69, 9.17) is 14.0 Å². The van der Waals surface area contributed by atoms with Gasteiger partial charge in [0.25, 0.3) is 5.91 Å². The Hall–Kier alpha value is -2.34. The second-order valence-corrected chi connectivity index (χ2v) is 5.68. The molecule has 3 rings (SSSR count). The van der Waals surface area contributed by atoms with E-state index in [0.29, 0.717) is 19.8 Å². The number of aromatic nitrogens is 1. The highest BCUT2D eigenvalue weighted by Crippen LogP contribution is 2.35. The summed E-state index contributed by atoms with van der Waals surface area (Å²) in [6.07, 6.45) is 3.18. The lowest BCUT2D eigenvalue weighted by Gasteiger charge is -2.38. The van der Waals surface area contributed by atoms with Crippen LogP contribution in [-0.4, -0.2) is 37.9 Å². The molecule has 122 valence electrons. The van der Waals surface area contributed by atoms with E-state index in [1.807, 2.05) is 12.1 Å². The zero-order chi connectivity index (χ0) is 16.1. The van der Waals surface area contributed by atoms with Gasteiger partial charge in [-0.3, -0.25) is 4.79 Å². The number of rotatable bonds is 5. The molecule has 0 saturated carbocycles.